The molecule has 0 fully saturated rings. The molecule has 0 aromatic carbocycles. The van der Waals surface area contributed by atoms with E-state index >= 15 is 0 Å². The summed E-state index contributed by atoms with van der Waals surface area (Å²) in [5.74, 6) is -0.428. The molecule has 0 unspecified atom stereocenters. The molecule has 0 bridgehead atoms. The molecule has 112 valence electrons. The van der Waals surface area contributed by atoms with E-state index in [0.717, 1.165) is 36.2 Å². The van der Waals surface area contributed by atoms with Crippen LogP contribution in [0.3, 0.4) is 0 Å². The monoisotopic (exact) mass is 281 g/mol. The van der Waals surface area contributed by atoms with Crippen molar-refractivity contribution in [3.8, 4) is 0 Å². The Morgan fingerprint density at radius 2 is 2.15 bits per heavy atom. The predicted octanol–water partition coefficient (Wildman–Crippen LogP) is 1.43. The van der Waals surface area contributed by atoms with E-state index in [1.54, 1.807) is 6.20 Å². The molecule has 6 heteroatoms. The maximum Gasteiger partial charge on any atom is 0.327 e. The van der Waals surface area contributed by atoms with Crippen molar-refractivity contribution >= 4 is 11.7 Å². The fourth-order valence-corrected chi connectivity index (χ4v) is 1.71. The van der Waals surface area contributed by atoms with E-state index in [0.29, 0.717) is 6.61 Å². The Hall–Kier alpha value is -1.85. The minimum atomic E-state index is -0.428. The van der Waals surface area contributed by atoms with Gasteiger partial charge in [0.1, 0.15) is 6.54 Å². The summed E-state index contributed by atoms with van der Waals surface area (Å²) in [5.41, 5.74) is 0.463. The minimum absolute atomic E-state index is 0.139. The van der Waals surface area contributed by atoms with Gasteiger partial charge >= 0.3 is 5.97 Å². The zero-order valence-corrected chi connectivity index (χ0v) is 12.5. The Balaban J connectivity index is 2.64. The predicted molar refractivity (Wildman–Crippen MR) is 77.9 cm³/mol. The number of hydrogen-bond donors (Lipinski definition) is 0. The van der Waals surface area contributed by atoms with Crippen LogP contribution in [0.2, 0.25) is 0 Å². The lowest BCUT2D eigenvalue weighted by Gasteiger charge is -2.17. The van der Waals surface area contributed by atoms with Gasteiger partial charge in [-0.15, -0.1) is 0 Å². The summed E-state index contributed by atoms with van der Waals surface area (Å²) < 4.78 is 6.13. The molecule has 0 saturated carbocycles. The van der Waals surface area contributed by atoms with Crippen LogP contribution in [0.1, 0.15) is 33.1 Å². The Morgan fingerprint density at radius 1 is 1.40 bits per heavy atom. The molecule has 0 radical (unpaired) electrons. The Bertz CT molecular complexity index is 485. The standard InChI is InChI=1S/C14H23N3O3/c1-4-6-8-20-14(19)11-17-13(18)9-12(10-15-17)16(3)7-5-2/h9-10H,4-8,11H2,1-3H3. The number of nitrogens with zero attached hydrogens (tertiary/aromatic N) is 3. The molecule has 0 amide bonds. The van der Waals surface area contributed by atoms with Crippen molar-refractivity contribution in [2.45, 2.75) is 39.7 Å². The summed E-state index contributed by atoms with van der Waals surface area (Å²) >= 11 is 0. The van der Waals surface area contributed by atoms with Gasteiger partial charge in [0.2, 0.25) is 0 Å². The van der Waals surface area contributed by atoms with E-state index in [2.05, 4.69) is 12.0 Å². The topological polar surface area (TPSA) is 64.4 Å². The maximum atomic E-state index is 11.9. The van der Waals surface area contributed by atoms with Crippen LogP contribution in [-0.4, -0.2) is 35.9 Å². The van der Waals surface area contributed by atoms with Crippen LogP contribution in [0, 0.1) is 0 Å². The van der Waals surface area contributed by atoms with Crippen molar-refractivity contribution in [2.24, 2.45) is 0 Å². The normalized spacial score (nSPS) is 10.3. The zero-order valence-electron chi connectivity index (χ0n) is 12.5. The smallest absolute Gasteiger partial charge is 0.327 e. The molecule has 0 spiro atoms. The van der Waals surface area contributed by atoms with Crippen LogP contribution >= 0.6 is 0 Å². The average Bonchev–Trinajstić information content (AvgIpc) is 2.41. The third-order valence-corrected chi connectivity index (χ3v) is 2.89. The summed E-state index contributed by atoms with van der Waals surface area (Å²) in [7, 11) is 1.91. The van der Waals surface area contributed by atoms with Crippen LogP contribution < -0.4 is 10.5 Å². The number of rotatable bonds is 8. The minimum Gasteiger partial charge on any atom is -0.464 e. The van der Waals surface area contributed by atoms with Crippen molar-refractivity contribution in [2.75, 3.05) is 25.1 Å². The Morgan fingerprint density at radius 3 is 2.75 bits per heavy atom. The van der Waals surface area contributed by atoms with E-state index in [9.17, 15) is 9.59 Å². The highest BCUT2D eigenvalue weighted by molar-refractivity contribution is 5.69. The number of esters is 1. The lowest BCUT2D eigenvalue weighted by molar-refractivity contribution is -0.144. The van der Waals surface area contributed by atoms with Gasteiger partial charge in [-0.1, -0.05) is 20.3 Å². The van der Waals surface area contributed by atoms with Gasteiger partial charge < -0.3 is 9.64 Å². The third kappa shape index (κ3) is 5.03. The molecule has 0 atom stereocenters. The molecule has 0 aliphatic carbocycles. The van der Waals surface area contributed by atoms with Gasteiger partial charge in [0.15, 0.2) is 0 Å². The lowest BCUT2D eigenvalue weighted by Crippen LogP contribution is -2.29. The number of ether oxygens (including phenoxy) is 1. The highest BCUT2D eigenvalue weighted by Gasteiger charge is 2.08. The van der Waals surface area contributed by atoms with E-state index in [-0.39, 0.29) is 12.1 Å². The zero-order chi connectivity index (χ0) is 15.0. The van der Waals surface area contributed by atoms with Gasteiger partial charge in [-0.2, -0.15) is 5.10 Å². The SMILES string of the molecule is CCCCOC(=O)Cn1ncc(N(C)CCC)cc1=O. The van der Waals surface area contributed by atoms with Crippen molar-refractivity contribution < 1.29 is 9.53 Å². The molecule has 0 aliphatic heterocycles. The molecule has 6 nitrogen and oxygen atoms in total. The molecule has 1 aromatic heterocycles. The van der Waals surface area contributed by atoms with E-state index in [1.165, 1.54) is 6.07 Å². The summed E-state index contributed by atoms with van der Waals surface area (Å²) in [6.45, 7) is 5.19. The maximum absolute atomic E-state index is 11.9. The Labute approximate surface area is 119 Å². The molecular formula is C14H23N3O3. The number of anilines is 1. The number of aromatic nitrogens is 2. The fraction of sp³-hybridized carbons (Fsp3) is 0.643. The molecule has 1 heterocycles. The second-order valence-corrected chi connectivity index (χ2v) is 4.71. The summed E-state index contributed by atoms with van der Waals surface area (Å²) in [6.07, 6.45) is 4.37. The molecule has 20 heavy (non-hydrogen) atoms. The van der Waals surface area contributed by atoms with Crippen molar-refractivity contribution in [1.29, 1.82) is 0 Å². The first-order valence-electron chi connectivity index (χ1n) is 7.02. The number of unbranched alkanes of at least 4 members (excludes halogenated alkanes) is 1. The van der Waals surface area contributed by atoms with Gasteiger partial charge in [-0.3, -0.25) is 9.59 Å². The first-order valence-corrected chi connectivity index (χ1v) is 7.02. The van der Waals surface area contributed by atoms with E-state index in [1.807, 2.05) is 18.9 Å². The molecule has 1 aromatic rings. The summed E-state index contributed by atoms with van der Waals surface area (Å²) in [4.78, 5) is 25.4. The Kier molecular flexibility index (Phi) is 6.76. The van der Waals surface area contributed by atoms with Crippen LogP contribution in [0.4, 0.5) is 5.69 Å². The molecule has 0 aliphatic rings. The molecule has 1 rings (SSSR count). The number of carbonyl (C=O) groups is 1. The molecular weight excluding hydrogens is 258 g/mol. The molecule has 0 N–H and O–H groups in total. The second-order valence-electron chi connectivity index (χ2n) is 4.71. The molecule has 0 saturated heterocycles. The third-order valence-electron chi connectivity index (χ3n) is 2.89. The summed E-state index contributed by atoms with van der Waals surface area (Å²) in [6, 6.07) is 1.49. The fourth-order valence-electron chi connectivity index (χ4n) is 1.71. The summed E-state index contributed by atoms with van der Waals surface area (Å²) in [5, 5.41) is 4.01. The van der Waals surface area contributed by atoms with Crippen molar-refractivity contribution in [3.05, 3.63) is 22.6 Å². The van der Waals surface area contributed by atoms with Crippen LogP contribution in [0.5, 0.6) is 0 Å². The van der Waals surface area contributed by atoms with E-state index in [4.69, 9.17) is 4.74 Å². The second kappa shape index (κ2) is 8.35. The quantitative estimate of drug-likeness (QED) is 0.533. The van der Waals surface area contributed by atoms with Gasteiger partial charge in [-0.05, 0) is 12.8 Å². The average molecular weight is 281 g/mol. The van der Waals surface area contributed by atoms with E-state index < -0.39 is 5.97 Å². The highest BCUT2D eigenvalue weighted by atomic mass is 16.5. The van der Waals surface area contributed by atoms with Gasteiger partial charge in [0, 0.05) is 19.7 Å². The largest absolute Gasteiger partial charge is 0.464 e. The van der Waals surface area contributed by atoms with Gasteiger partial charge in [0.25, 0.3) is 5.56 Å². The van der Waals surface area contributed by atoms with Gasteiger partial charge in [-0.25, -0.2) is 4.68 Å². The van der Waals surface area contributed by atoms with Crippen molar-refractivity contribution in [3.63, 3.8) is 0 Å². The first-order chi connectivity index (χ1) is 9.58. The highest BCUT2D eigenvalue weighted by Crippen LogP contribution is 2.07. The number of hydrogen-bond acceptors (Lipinski definition) is 5. The first kappa shape index (κ1) is 16.2. The van der Waals surface area contributed by atoms with Crippen molar-refractivity contribution in [1.82, 2.24) is 9.78 Å². The van der Waals surface area contributed by atoms with Crippen LogP contribution in [-0.2, 0) is 16.1 Å². The number of carbonyl (C=O) groups excluding carboxylic acids is 1. The lowest BCUT2D eigenvalue weighted by atomic mass is 10.3. The van der Waals surface area contributed by atoms with Crippen LogP contribution in [0.25, 0.3) is 0 Å². The van der Waals surface area contributed by atoms with Gasteiger partial charge in [0.05, 0.1) is 18.5 Å². The van der Waals surface area contributed by atoms with Crippen LogP contribution in [0.15, 0.2) is 17.1 Å².